The number of aromatic nitrogens is 1. The SMILES string of the molecule is O=C(O)c1ccnc(Nc2ccc(Br)cc2Br)c1F. The number of hydrogen-bond acceptors (Lipinski definition) is 3. The Morgan fingerprint density at radius 2 is 2.05 bits per heavy atom. The van der Waals surface area contributed by atoms with Gasteiger partial charge in [-0.05, 0) is 40.2 Å². The van der Waals surface area contributed by atoms with Crippen molar-refractivity contribution in [1.29, 1.82) is 0 Å². The zero-order valence-corrected chi connectivity index (χ0v) is 12.5. The molecule has 0 aliphatic rings. The van der Waals surface area contributed by atoms with E-state index in [1.54, 1.807) is 18.2 Å². The van der Waals surface area contributed by atoms with E-state index in [2.05, 4.69) is 42.2 Å². The number of carbonyl (C=O) groups is 1. The van der Waals surface area contributed by atoms with Crippen LogP contribution in [0.15, 0.2) is 39.4 Å². The molecular weight excluding hydrogens is 383 g/mol. The van der Waals surface area contributed by atoms with E-state index in [9.17, 15) is 9.18 Å². The second kappa shape index (κ2) is 5.66. The van der Waals surface area contributed by atoms with Gasteiger partial charge in [0.25, 0.3) is 0 Å². The first kappa shape index (κ1) is 14.0. The van der Waals surface area contributed by atoms with Crippen molar-refractivity contribution in [3.05, 3.63) is 50.8 Å². The van der Waals surface area contributed by atoms with E-state index in [0.717, 1.165) is 10.5 Å². The summed E-state index contributed by atoms with van der Waals surface area (Å²) in [7, 11) is 0. The fourth-order valence-corrected chi connectivity index (χ4v) is 2.56. The van der Waals surface area contributed by atoms with Crippen molar-refractivity contribution in [3.63, 3.8) is 0 Å². The zero-order chi connectivity index (χ0) is 14.0. The molecule has 0 amide bonds. The number of nitrogens with zero attached hydrogens (tertiary/aromatic N) is 1. The van der Waals surface area contributed by atoms with Crippen molar-refractivity contribution in [2.24, 2.45) is 0 Å². The topological polar surface area (TPSA) is 62.2 Å². The van der Waals surface area contributed by atoms with Crippen LogP contribution in [0.2, 0.25) is 0 Å². The highest BCUT2D eigenvalue weighted by Gasteiger charge is 2.15. The molecule has 0 aliphatic heterocycles. The van der Waals surface area contributed by atoms with Crippen LogP contribution in [0.1, 0.15) is 10.4 Å². The normalized spacial score (nSPS) is 10.3. The molecular formula is C12H7Br2FN2O2. The van der Waals surface area contributed by atoms with E-state index in [1.807, 2.05) is 0 Å². The van der Waals surface area contributed by atoms with Gasteiger partial charge in [-0.3, -0.25) is 0 Å². The lowest BCUT2D eigenvalue weighted by molar-refractivity contribution is 0.0692. The minimum absolute atomic E-state index is 0.136. The van der Waals surface area contributed by atoms with Gasteiger partial charge in [-0.2, -0.15) is 0 Å². The fourth-order valence-electron chi connectivity index (χ4n) is 1.41. The smallest absolute Gasteiger partial charge is 0.338 e. The van der Waals surface area contributed by atoms with Gasteiger partial charge in [0.15, 0.2) is 11.6 Å². The van der Waals surface area contributed by atoms with Crippen molar-refractivity contribution < 1.29 is 14.3 Å². The highest BCUT2D eigenvalue weighted by molar-refractivity contribution is 9.11. The summed E-state index contributed by atoms with van der Waals surface area (Å²) in [5, 5.41) is 11.6. The summed E-state index contributed by atoms with van der Waals surface area (Å²) >= 11 is 6.62. The first-order valence-corrected chi connectivity index (χ1v) is 6.67. The second-order valence-corrected chi connectivity index (χ2v) is 5.35. The van der Waals surface area contributed by atoms with E-state index in [0.29, 0.717) is 10.2 Å². The van der Waals surface area contributed by atoms with Gasteiger partial charge in [0.2, 0.25) is 0 Å². The minimum Gasteiger partial charge on any atom is -0.478 e. The van der Waals surface area contributed by atoms with Gasteiger partial charge in [-0.15, -0.1) is 0 Å². The Morgan fingerprint density at radius 3 is 2.68 bits per heavy atom. The monoisotopic (exact) mass is 388 g/mol. The number of benzene rings is 1. The van der Waals surface area contributed by atoms with Crippen LogP contribution in [0.25, 0.3) is 0 Å². The molecule has 0 unspecified atom stereocenters. The lowest BCUT2D eigenvalue weighted by atomic mass is 10.2. The molecule has 4 nitrogen and oxygen atoms in total. The first-order valence-electron chi connectivity index (χ1n) is 5.09. The molecule has 2 aromatic rings. The largest absolute Gasteiger partial charge is 0.478 e. The molecule has 2 N–H and O–H groups in total. The molecule has 0 saturated carbocycles. The molecule has 0 spiro atoms. The summed E-state index contributed by atoms with van der Waals surface area (Å²) < 4.78 is 15.4. The zero-order valence-electron chi connectivity index (χ0n) is 9.32. The summed E-state index contributed by atoms with van der Waals surface area (Å²) in [5.74, 6) is -2.37. The van der Waals surface area contributed by atoms with Gasteiger partial charge in [0, 0.05) is 15.1 Å². The van der Waals surface area contributed by atoms with Crippen LogP contribution < -0.4 is 5.32 Å². The Bertz CT molecular complexity index is 650. The van der Waals surface area contributed by atoms with E-state index in [4.69, 9.17) is 5.11 Å². The third-order valence-electron chi connectivity index (χ3n) is 2.30. The minimum atomic E-state index is -1.34. The van der Waals surface area contributed by atoms with Gasteiger partial charge >= 0.3 is 5.97 Å². The molecule has 0 atom stereocenters. The fraction of sp³-hybridized carbons (Fsp3) is 0. The third kappa shape index (κ3) is 3.10. The molecule has 2 rings (SSSR count). The molecule has 19 heavy (non-hydrogen) atoms. The number of pyridine rings is 1. The predicted molar refractivity (Wildman–Crippen MR) is 76.3 cm³/mol. The quantitative estimate of drug-likeness (QED) is 0.826. The van der Waals surface area contributed by atoms with Gasteiger partial charge in [0.05, 0.1) is 5.69 Å². The second-order valence-electron chi connectivity index (χ2n) is 3.58. The number of anilines is 2. The molecule has 0 saturated heterocycles. The van der Waals surface area contributed by atoms with Gasteiger partial charge in [-0.1, -0.05) is 15.9 Å². The van der Waals surface area contributed by atoms with Crippen LogP contribution in [0.4, 0.5) is 15.9 Å². The highest BCUT2D eigenvalue weighted by Crippen LogP contribution is 2.29. The van der Waals surface area contributed by atoms with Crippen LogP contribution in [0.3, 0.4) is 0 Å². The molecule has 1 aromatic heterocycles. The van der Waals surface area contributed by atoms with Crippen molar-refractivity contribution in [3.8, 4) is 0 Å². The van der Waals surface area contributed by atoms with E-state index < -0.39 is 17.3 Å². The van der Waals surface area contributed by atoms with Crippen molar-refractivity contribution in [2.75, 3.05) is 5.32 Å². The molecule has 1 aromatic carbocycles. The average Bonchev–Trinajstić information content (AvgIpc) is 2.34. The predicted octanol–water partition coefficient (Wildman–Crippen LogP) is 4.19. The molecule has 0 aliphatic carbocycles. The Hall–Kier alpha value is -1.47. The summed E-state index contributed by atoms with van der Waals surface area (Å²) in [4.78, 5) is 14.6. The number of halogens is 3. The Labute approximate surface area is 124 Å². The number of aromatic carboxylic acids is 1. The van der Waals surface area contributed by atoms with Gasteiger partial charge in [-0.25, -0.2) is 14.2 Å². The number of hydrogen-bond donors (Lipinski definition) is 2. The number of carboxylic acids is 1. The number of nitrogens with one attached hydrogen (secondary N) is 1. The maximum Gasteiger partial charge on any atom is 0.338 e. The van der Waals surface area contributed by atoms with Crippen LogP contribution >= 0.6 is 31.9 Å². The Morgan fingerprint density at radius 1 is 1.32 bits per heavy atom. The number of carboxylic acid groups (broad SMARTS) is 1. The lowest BCUT2D eigenvalue weighted by Crippen LogP contribution is -2.05. The maximum atomic E-state index is 13.9. The average molecular weight is 390 g/mol. The van der Waals surface area contributed by atoms with E-state index >= 15 is 0 Å². The van der Waals surface area contributed by atoms with Gasteiger partial charge < -0.3 is 10.4 Å². The molecule has 0 radical (unpaired) electrons. The first-order chi connectivity index (χ1) is 8.99. The summed E-state index contributed by atoms with van der Waals surface area (Å²) in [5.41, 5.74) is 0.155. The van der Waals surface area contributed by atoms with Crippen LogP contribution in [-0.2, 0) is 0 Å². The maximum absolute atomic E-state index is 13.9. The van der Waals surface area contributed by atoms with E-state index in [1.165, 1.54) is 6.20 Å². The highest BCUT2D eigenvalue weighted by atomic mass is 79.9. The molecule has 0 bridgehead atoms. The van der Waals surface area contributed by atoms with Gasteiger partial charge in [0.1, 0.15) is 5.56 Å². The van der Waals surface area contributed by atoms with Crippen molar-refractivity contribution in [2.45, 2.75) is 0 Å². The summed E-state index contributed by atoms with van der Waals surface area (Å²) in [6.45, 7) is 0. The van der Waals surface area contributed by atoms with Crippen LogP contribution in [0.5, 0.6) is 0 Å². The van der Waals surface area contributed by atoms with Crippen molar-refractivity contribution in [1.82, 2.24) is 4.98 Å². The Balaban J connectivity index is 2.38. The third-order valence-corrected chi connectivity index (χ3v) is 3.45. The Kier molecular flexibility index (Phi) is 4.16. The summed E-state index contributed by atoms with van der Waals surface area (Å²) in [6.07, 6.45) is 1.24. The molecule has 1 heterocycles. The van der Waals surface area contributed by atoms with Crippen LogP contribution in [-0.4, -0.2) is 16.1 Å². The van der Waals surface area contributed by atoms with Crippen molar-refractivity contribution >= 4 is 49.3 Å². The molecule has 0 fully saturated rings. The molecule has 7 heteroatoms. The lowest BCUT2D eigenvalue weighted by Gasteiger charge is -2.09. The number of rotatable bonds is 3. The molecule has 98 valence electrons. The summed E-state index contributed by atoms with van der Waals surface area (Å²) in [6, 6.07) is 6.37. The standard InChI is InChI=1S/C12H7Br2FN2O2/c13-6-1-2-9(8(14)5-6)17-11-10(15)7(12(18)19)3-4-16-11/h1-5H,(H,16,17)(H,18,19). The van der Waals surface area contributed by atoms with E-state index in [-0.39, 0.29) is 5.82 Å². The van der Waals surface area contributed by atoms with Crippen LogP contribution in [0, 0.1) is 5.82 Å².